The zero-order valence-electron chi connectivity index (χ0n) is 15.8. The molecular weight excluding hydrogens is 374 g/mol. The molecule has 2 aromatic heterocycles. The minimum absolute atomic E-state index is 0.201. The molecule has 0 saturated carbocycles. The summed E-state index contributed by atoms with van der Waals surface area (Å²) < 4.78 is 7.10. The van der Waals surface area contributed by atoms with E-state index in [4.69, 9.17) is 4.74 Å². The van der Waals surface area contributed by atoms with Crippen LogP contribution in [-0.2, 0) is 18.2 Å². The molecule has 8 heteroatoms. The second-order valence-electron chi connectivity index (χ2n) is 6.80. The van der Waals surface area contributed by atoms with Crippen molar-refractivity contribution in [2.24, 2.45) is 7.05 Å². The molecule has 1 aliphatic rings. The number of carbonyl (C=O) groups is 1. The molecule has 0 bridgehead atoms. The molecule has 1 amide bonds. The lowest BCUT2D eigenvalue weighted by Gasteiger charge is -2.26. The molecule has 146 valence electrons. The van der Waals surface area contributed by atoms with Gasteiger partial charge in [-0.05, 0) is 24.1 Å². The number of carbonyl (C=O) groups excluding carboxylic acids is 1. The minimum Gasteiger partial charge on any atom is -0.379 e. The van der Waals surface area contributed by atoms with Crippen molar-refractivity contribution in [3.8, 4) is 10.6 Å². The van der Waals surface area contributed by atoms with Crippen LogP contribution in [0.15, 0.2) is 42.0 Å². The number of nitrogens with one attached hydrogen (secondary N) is 1. The zero-order chi connectivity index (χ0) is 19.3. The fraction of sp³-hybridized carbons (Fsp3) is 0.350. The Morgan fingerprint density at radius 3 is 2.75 bits per heavy atom. The summed E-state index contributed by atoms with van der Waals surface area (Å²) in [6, 6.07) is 8.03. The number of hydrogen-bond acceptors (Lipinski definition) is 6. The Hall–Kier alpha value is -2.55. The Balaban J connectivity index is 1.32. The van der Waals surface area contributed by atoms with Crippen LogP contribution in [0.1, 0.15) is 16.1 Å². The topological polar surface area (TPSA) is 72.3 Å². The zero-order valence-corrected chi connectivity index (χ0v) is 16.6. The smallest absolute Gasteiger partial charge is 0.275 e. The summed E-state index contributed by atoms with van der Waals surface area (Å²) in [7, 11) is 1.86. The number of ether oxygens (including phenoxy) is 1. The number of nitrogens with zero attached hydrogens (tertiary/aromatic N) is 4. The molecule has 3 aromatic rings. The molecule has 7 nitrogen and oxygen atoms in total. The van der Waals surface area contributed by atoms with E-state index in [0.717, 1.165) is 55.5 Å². The average Bonchev–Trinajstić information content (AvgIpc) is 3.37. The first-order valence-electron chi connectivity index (χ1n) is 9.32. The molecule has 0 radical (unpaired) electrons. The van der Waals surface area contributed by atoms with Gasteiger partial charge in [-0.1, -0.05) is 12.1 Å². The standard InChI is InChI=1S/C20H23N5O2S/c1-24-13-16(12-21-24)20-23-18(14-28-20)19(26)22-17-4-2-15(3-5-17)6-7-25-8-10-27-11-9-25/h2-5,12-14H,6-11H2,1H3,(H,22,26). The molecule has 0 aliphatic carbocycles. The lowest BCUT2D eigenvalue weighted by atomic mass is 10.1. The van der Waals surface area contributed by atoms with Crippen LogP contribution in [0.4, 0.5) is 5.69 Å². The van der Waals surface area contributed by atoms with Crippen molar-refractivity contribution >= 4 is 22.9 Å². The van der Waals surface area contributed by atoms with Crippen LogP contribution >= 0.6 is 11.3 Å². The SMILES string of the molecule is Cn1cc(-c2nc(C(=O)Nc3ccc(CCN4CCOCC4)cc3)cs2)cn1. The van der Waals surface area contributed by atoms with Crippen LogP contribution in [0.3, 0.4) is 0 Å². The van der Waals surface area contributed by atoms with Crippen molar-refractivity contribution in [1.82, 2.24) is 19.7 Å². The number of anilines is 1. The summed E-state index contributed by atoms with van der Waals surface area (Å²) in [4.78, 5) is 19.3. The molecule has 0 spiro atoms. The number of amides is 1. The highest BCUT2D eigenvalue weighted by atomic mass is 32.1. The fourth-order valence-electron chi connectivity index (χ4n) is 3.10. The Kier molecular flexibility index (Phi) is 5.80. The predicted octanol–water partition coefficient (Wildman–Crippen LogP) is 2.67. The fourth-order valence-corrected chi connectivity index (χ4v) is 3.88. The molecule has 1 fully saturated rings. The molecule has 3 heterocycles. The van der Waals surface area contributed by atoms with Gasteiger partial charge < -0.3 is 10.1 Å². The van der Waals surface area contributed by atoms with Crippen molar-refractivity contribution in [1.29, 1.82) is 0 Å². The normalized spacial score (nSPS) is 14.9. The van der Waals surface area contributed by atoms with Crippen LogP contribution in [-0.4, -0.2) is 58.4 Å². The van der Waals surface area contributed by atoms with Crippen LogP contribution < -0.4 is 5.32 Å². The molecule has 4 rings (SSSR count). The van der Waals surface area contributed by atoms with Crippen LogP contribution in [0.5, 0.6) is 0 Å². The van der Waals surface area contributed by atoms with Gasteiger partial charge in [-0.3, -0.25) is 14.4 Å². The van der Waals surface area contributed by atoms with Gasteiger partial charge in [0.25, 0.3) is 5.91 Å². The third-order valence-electron chi connectivity index (χ3n) is 4.72. The van der Waals surface area contributed by atoms with E-state index in [0.29, 0.717) is 5.69 Å². The van der Waals surface area contributed by atoms with E-state index < -0.39 is 0 Å². The number of benzene rings is 1. The van der Waals surface area contributed by atoms with Gasteiger partial charge in [0.05, 0.1) is 19.4 Å². The van der Waals surface area contributed by atoms with Crippen molar-refractivity contribution in [3.05, 3.63) is 53.3 Å². The summed E-state index contributed by atoms with van der Waals surface area (Å²) in [6.07, 6.45) is 4.63. The summed E-state index contributed by atoms with van der Waals surface area (Å²) in [5.41, 5.74) is 3.37. The summed E-state index contributed by atoms with van der Waals surface area (Å²) >= 11 is 1.44. The number of aryl methyl sites for hydroxylation is 1. The van der Waals surface area contributed by atoms with Crippen molar-refractivity contribution in [2.45, 2.75) is 6.42 Å². The van der Waals surface area contributed by atoms with E-state index in [2.05, 4.69) is 32.4 Å². The molecule has 1 aromatic carbocycles. The van der Waals surface area contributed by atoms with Crippen molar-refractivity contribution < 1.29 is 9.53 Å². The van der Waals surface area contributed by atoms with Gasteiger partial charge in [-0.2, -0.15) is 5.10 Å². The molecule has 1 aliphatic heterocycles. The van der Waals surface area contributed by atoms with E-state index in [9.17, 15) is 4.79 Å². The Morgan fingerprint density at radius 1 is 1.25 bits per heavy atom. The maximum Gasteiger partial charge on any atom is 0.275 e. The number of thiazole rings is 1. The van der Waals surface area contributed by atoms with Crippen LogP contribution in [0.25, 0.3) is 10.6 Å². The van der Waals surface area contributed by atoms with E-state index in [1.165, 1.54) is 16.9 Å². The van der Waals surface area contributed by atoms with Gasteiger partial charge in [-0.15, -0.1) is 11.3 Å². The Morgan fingerprint density at radius 2 is 2.04 bits per heavy atom. The van der Waals surface area contributed by atoms with Crippen molar-refractivity contribution in [2.75, 3.05) is 38.2 Å². The number of hydrogen-bond donors (Lipinski definition) is 1. The number of morpholine rings is 1. The predicted molar refractivity (Wildman–Crippen MR) is 110 cm³/mol. The number of aromatic nitrogens is 3. The van der Waals surface area contributed by atoms with Crippen molar-refractivity contribution in [3.63, 3.8) is 0 Å². The van der Waals surface area contributed by atoms with Gasteiger partial charge in [-0.25, -0.2) is 4.98 Å². The highest BCUT2D eigenvalue weighted by molar-refractivity contribution is 7.13. The largest absolute Gasteiger partial charge is 0.379 e. The second kappa shape index (κ2) is 8.64. The maximum atomic E-state index is 12.5. The number of rotatable bonds is 6. The monoisotopic (exact) mass is 397 g/mol. The molecular formula is C20H23N5O2S. The van der Waals surface area contributed by atoms with E-state index in [1.54, 1.807) is 16.3 Å². The maximum absolute atomic E-state index is 12.5. The molecule has 1 saturated heterocycles. The lowest BCUT2D eigenvalue weighted by Crippen LogP contribution is -2.37. The second-order valence-corrected chi connectivity index (χ2v) is 7.65. The summed E-state index contributed by atoms with van der Waals surface area (Å²) in [6.45, 7) is 4.69. The lowest BCUT2D eigenvalue weighted by molar-refractivity contribution is 0.0384. The van der Waals surface area contributed by atoms with Gasteiger partial charge in [0.1, 0.15) is 10.7 Å². The van der Waals surface area contributed by atoms with Crippen LogP contribution in [0, 0.1) is 0 Å². The van der Waals surface area contributed by atoms with E-state index >= 15 is 0 Å². The van der Waals surface area contributed by atoms with Gasteiger partial charge in [0.2, 0.25) is 0 Å². The highest BCUT2D eigenvalue weighted by Gasteiger charge is 2.13. The van der Waals surface area contributed by atoms with Gasteiger partial charge in [0, 0.05) is 49.5 Å². The Bertz CT molecular complexity index is 928. The van der Waals surface area contributed by atoms with Gasteiger partial charge in [0.15, 0.2) is 0 Å². The highest BCUT2D eigenvalue weighted by Crippen LogP contribution is 2.23. The first kappa shape index (κ1) is 18.8. The van der Waals surface area contributed by atoms with Gasteiger partial charge >= 0.3 is 0 Å². The van der Waals surface area contributed by atoms with E-state index in [1.807, 2.05) is 25.4 Å². The molecule has 28 heavy (non-hydrogen) atoms. The van der Waals surface area contributed by atoms with E-state index in [-0.39, 0.29) is 5.91 Å². The summed E-state index contributed by atoms with van der Waals surface area (Å²) in [5, 5.41) is 9.62. The molecule has 0 unspecified atom stereocenters. The van der Waals surface area contributed by atoms with Crippen LogP contribution in [0.2, 0.25) is 0 Å². The third kappa shape index (κ3) is 4.64. The molecule has 0 atom stereocenters. The Labute approximate surface area is 168 Å². The third-order valence-corrected chi connectivity index (χ3v) is 5.61. The first-order valence-corrected chi connectivity index (χ1v) is 10.2. The molecule has 1 N–H and O–H groups in total. The average molecular weight is 398 g/mol. The summed E-state index contributed by atoms with van der Waals surface area (Å²) in [5.74, 6) is -0.201. The quantitative estimate of drug-likeness (QED) is 0.692. The minimum atomic E-state index is -0.201. The first-order chi connectivity index (χ1) is 13.7.